The van der Waals surface area contributed by atoms with Crippen LogP contribution in [0.1, 0.15) is 20.8 Å². The molecule has 1 heterocycles. The molecule has 0 amide bonds. The Hall–Kier alpha value is -1.75. The number of halogens is 2. The molecule has 1 rings (SSSR count). The first-order valence-electron chi connectivity index (χ1n) is 6.63. The van der Waals surface area contributed by atoms with E-state index in [9.17, 15) is 23.6 Å². The third-order valence-electron chi connectivity index (χ3n) is 2.89. The van der Waals surface area contributed by atoms with Gasteiger partial charge in [0.05, 0.1) is 7.11 Å². The molecule has 0 aliphatic carbocycles. The lowest BCUT2D eigenvalue weighted by Crippen LogP contribution is -2.66. The molecule has 0 saturated carbocycles. The van der Waals surface area contributed by atoms with Crippen molar-refractivity contribution in [3.63, 3.8) is 0 Å². The van der Waals surface area contributed by atoms with E-state index < -0.39 is 53.1 Å². The van der Waals surface area contributed by atoms with Crippen molar-refractivity contribution in [2.75, 3.05) is 7.11 Å². The third-order valence-corrected chi connectivity index (χ3v) is 3.85. The van der Waals surface area contributed by atoms with Gasteiger partial charge < -0.3 is 23.7 Å². The number of carbonyl (C=O) groups is 4. The van der Waals surface area contributed by atoms with Crippen molar-refractivity contribution in [2.45, 2.75) is 50.0 Å². The molecule has 136 valence electrons. The minimum absolute atomic E-state index is 0.882. The van der Waals surface area contributed by atoms with Gasteiger partial charge in [0.2, 0.25) is 6.36 Å². The van der Waals surface area contributed by atoms with Gasteiger partial charge in [-0.2, -0.15) is 0 Å². The normalized spacial score (nSPS) is 32.4. The minimum atomic E-state index is -2.37. The zero-order valence-corrected chi connectivity index (χ0v) is 14.8. The summed E-state index contributed by atoms with van der Waals surface area (Å²) in [5, 5.41) is 0. The smallest absolute Gasteiger partial charge is 0.353 e. The van der Waals surface area contributed by atoms with Crippen LogP contribution in [0.2, 0.25) is 0 Å². The molecular weight excluding hydrogens is 399 g/mol. The first-order valence-corrected chi connectivity index (χ1v) is 7.43. The highest BCUT2D eigenvalue weighted by Crippen LogP contribution is 2.41. The number of methoxy groups -OCH3 is 1. The highest BCUT2D eigenvalue weighted by molar-refractivity contribution is 9.10. The molecule has 1 fully saturated rings. The van der Waals surface area contributed by atoms with Crippen molar-refractivity contribution in [1.82, 2.24) is 0 Å². The molecule has 3 unspecified atom stereocenters. The second-order valence-corrected chi connectivity index (χ2v) is 5.96. The average molecular weight is 415 g/mol. The summed E-state index contributed by atoms with van der Waals surface area (Å²) < 4.78 is 36.1. The first-order chi connectivity index (χ1) is 11.0. The van der Waals surface area contributed by atoms with Gasteiger partial charge in [0, 0.05) is 20.8 Å². The van der Waals surface area contributed by atoms with Crippen LogP contribution in [0.3, 0.4) is 0 Å². The Labute approximate surface area is 144 Å². The monoisotopic (exact) mass is 414 g/mol. The number of rotatable bonds is 4. The number of ether oxygens (including phenoxy) is 5. The summed E-state index contributed by atoms with van der Waals surface area (Å²) in [6, 6.07) is 0. The Morgan fingerprint density at radius 3 is 1.83 bits per heavy atom. The van der Waals surface area contributed by atoms with Crippen LogP contribution < -0.4 is 0 Å². The summed E-state index contributed by atoms with van der Waals surface area (Å²) in [7, 11) is 0.992. The number of carbonyl (C=O) groups excluding carboxylic acids is 4. The molecule has 0 bridgehead atoms. The molecule has 0 aromatic carbocycles. The summed E-state index contributed by atoms with van der Waals surface area (Å²) in [5.74, 6) is -3.81. The van der Waals surface area contributed by atoms with Crippen LogP contribution in [-0.2, 0) is 42.9 Å². The Balaban J connectivity index is 3.37. The molecule has 5 atom stereocenters. The Kier molecular flexibility index (Phi) is 6.67. The molecular formula is C13H16BrFO9. The lowest BCUT2D eigenvalue weighted by atomic mass is 9.98. The van der Waals surface area contributed by atoms with Crippen molar-refractivity contribution < 1.29 is 47.3 Å². The van der Waals surface area contributed by atoms with Crippen LogP contribution in [-0.4, -0.2) is 60.2 Å². The maximum absolute atomic E-state index is 14.3. The van der Waals surface area contributed by atoms with E-state index in [0.29, 0.717) is 0 Å². The Morgan fingerprint density at radius 2 is 1.42 bits per heavy atom. The van der Waals surface area contributed by atoms with Crippen molar-refractivity contribution in [1.29, 1.82) is 0 Å². The van der Waals surface area contributed by atoms with E-state index in [1.165, 1.54) is 0 Å². The zero-order chi connectivity index (χ0) is 18.7. The SMILES string of the molecule is COC(=O)C1(Br)O[C@@H](F)C(OC(C)=O)C(OC(C)=O)[C@@H]1OC(C)=O. The highest BCUT2D eigenvalue weighted by Gasteiger charge is 2.63. The van der Waals surface area contributed by atoms with Crippen LogP contribution >= 0.6 is 15.9 Å². The molecule has 0 N–H and O–H groups in total. The largest absolute Gasteiger partial charge is 0.466 e. The van der Waals surface area contributed by atoms with Gasteiger partial charge in [-0.15, -0.1) is 0 Å². The summed E-state index contributed by atoms with van der Waals surface area (Å²) in [6.07, 6.45) is -7.46. The predicted octanol–water partition coefficient (Wildman–Crippen LogP) is 0.371. The van der Waals surface area contributed by atoms with Gasteiger partial charge in [-0.25, -0.2) is 9.18 Å². The second-order valence-electron chi connectivity index (χ2n) is 4.78. The maximum Gasteiger partial charge on any atom is 0.353 e. The van der Waals surface area contributed by atoms with Crippen molar-refractivity contribution in [3.05, 3.63) is 0 Å². The Bertz CT molecular complexity index is 540. The molecule has 9 nitrogen and oxygen atoms in total. The van der Waals surface area contributed by atoms with E-state index in [1.54, 1.807) is 0 Å². The standard InChI is InChI=1S/C13H16BrFO9/c1-5(16)21-8-9(22-6(2)17)11(15)24-13(14,12(19)20-4)10(8)23-7(3)18/h8-11H,1-4H3/t8?,9?,10-,11+,13?/m0/s1. The number of hydrogen-bond donors (Lipinski definition) is 0. The summed E-state index contributed by atoms with van der Waals surface area (Å²) >= 11 is 2.84. The van der Waals surface area contributed by atoms with Crippen LogP contribution in [0.5, 0.6) is 0 Å². The predicted molar refractivity (Wildman–Crippen MR) is 76.3 cm³/mol. The second kappa shape index (κ2) is 7.88. The van der Waals surface area contributed by atoms with E-state index in [1.807, 2.05) is 0 Å². The quantitative estimate of drug-likeness (QED) is 0.365. The van der Waals surface area contributed by atoms with E-state index in [2.05, 4.69) is 20.7 Å². The Morgan fingerprint density at radius 1 is 0.958 bits per heavy atom. The molecule has 0 spiro atoms. The van der Waals surface area contributed by atoms with E-state index in [-0.39, 0.29) is 0 Å². The summed E-state index contributed by atoms with van der Waals surface area (Å²) in [5.41, 5.74) is 0. The molecule has 1 aliphatic heterocycles. The topological polar surface area (TPSA) is 114 Å². The van der Waals surface area contributed by atoms with Gasteiger partial charge in [-0.1, -0.05) is 0 Å². The molecule has 0 radical (unpaired) electrons. The summed E-state index contributed by atoms with van der Waals surface area (Å²) in [4.78, 5) is 45.9. The number of esters is 4. The molecule has 1 aliphatic rings. The van der Waals surface area contributed by atoms with Gasteiger partial charge >= 0.3 is 23.9 Å². The van der Waals surface area contributed by atoms with Gasteiger partial charge in [0.25, 0.3) is 4.51 Å². The van der Waals surface area contributed by atoms with Crippen LogP contribution in [0.4, 0.5) is 4.39 Å². The van der Waals surface area contributed by atoms with Gasteiger partial charge in [-0.3, -0.25) is 14.4 Å². The molecule has 24 heavy (non-hydrogen) atoms. The van der Waals surface area contributed by atoms with Gasteiger partial charge in [-0.05, 0) is 15.9 Å². The third kappa shape index (κ3) is 4.41. The van der Waals surface area contributed by atoms with Crippen LogP contribution in [0, 0.1) is 0 Å². The first kappa shape index (κ1) is 20.3. The molecule has 0 aromatic rings. The van der Waals surface area contributed by atoms with Crippen LogP contribution in [0.25, 0.3) is 0 Å². The average Bonchev–Trinajstić information content (AvgIpc) is 2.45. The fourth-order valence-electron chi connectivity index (χ4n) is 2.09. The zero-order valence-electron chi connectivity index (χ0n) is 13.2. The van der Waals surface area contributed by atoms with E-state index >= 15 is 0 Å². The van der Waals surface area contributed by atoms with Gasteiger partial charge in [0.15, 0.2) is 18.3 Å². The molecule has 1 saturated heterocycles. The fraction of sp³-hybridized carbons (Fsp3) is 0.692. The van der Waals surface area contributed by atoms with Gasteiger partial charge in [0.1, 0.15) is 0 Å². The maximum atomic E-state index is 14.3. The number of hydrogen-bond acceptors (Lipinski definition) is 9. The minimum Gasteiger partial charge on any atom is -0.466 e. The molecule has 11 heteroatoms. The van der Waals surface area contributed by atoms with Crippen molar-refractivity contribution in [2.24, 2.45) is 0 Å². The lowest BCUT2D eigenvalue weighted by molar-refractivity contribution is -0.278. The van der Waals surface area contributed by atoms with Crippen molar-refractivity contribution in [3.8, 4) is 0 Å². The fourth-order valence-corrected chi connectivity index (χ4v) is 2.78. The number of alkyl halides is 2. The molecule has 0 aromatic heterocycles. The highest BCUT2D eigenvalue weighted by atomic mass is 79.9. The van der Waals surface area contributed by atoms with E-state index in [4.69, 9.17) is 18.9 Å². The van der Waals surface area contributed by atoms with Crippen molar-refractivity contribution >= 4 is 39.8 Å². The van der Waals surface area contributed by atoms with E-state index in [0.717, 1.165) is 27.9 Å². The summed E-state index contributed by atoms with van der Waals surface area (Å²) in [6.45, 7) is 3.01. The lowest BCUT2D eigenvalue weighted by Gasteiger charge is -2.44. The van der Waals surface area contributed by atoms with Crippen LogP contribution in [0.15, 0.2) is 0 Å².